The van der Waals surface area contributed by atoms with E-state index in [0.29, 0.717) is 37.8 Å². The van der Waals surface area contributed by atoms with Crippen molar-refractivity contribution in [3.05, 3.63) is 17.7 Å². The van der Waals surface area contributed by atoms with Gasteiger partial charge in [-0.1, -0.05) is 13.8 Å². The molecule has 2 N–H and O–H groups in total. The number of nitrogens with zero attached hydrogens (tertiary/aromatic N) is 3. The average Bonchev–Trinajstić information content (AvgIpc) is 2.72. The molecule has 6 nitrogen and oxygen atoms in total. The summed E-state index contributed by atoms with van der Waals surface area (Å²) in [5.41, 5.74) is 5.93. The Morgan fingerprint density at radius 1 is 1.54 bits per heavy atom. The molecule has 0 atom stereocenters. The quantitative estimate of drug-likeness (QED) is 0.908. The second kappa shape index (κ2) is 6.63. The van der Waals surface area contributed by atoms with Crippen LogP contribution >= 0.6 is 0 Å². The number of anilines is 1. The van der Waals surface area contributed by atoms with E-state index >= 15 is 0 Å². The number of nitrogens with two attached hydrogens (primary N) is 1. The highest BCUT2D eigenvalue weighted by molar-refractivity contribution is 5.78. The second-order valence-electron chi connectivity index (χ2n) is 7.47. The molecule has 1 aromatic heterocycles. The third-order valence-electron chi connectivity index (χ3n) is 5.01. The van der Waals surface area contributed by atoms with E-state index in [1.165, 1.54) is 0 Å². The van der Waals surface area contributed by atoms with Gasteiger partial charge in [-0.15, -0.1) is 0 Å². The molecule has 1 aromatic rings. The van der Waals surface area contributed by atoms with E-state index in [4.69, 9.17) is 10.5 Å². The number of rotatable bonds is 3. The fourth-order valence-corrected chi connectivity index (χ4v) is 3.94. The Balaban J connectivity index is 1.62. The van der Waals surface area contributed by atoms with Gasteiger partial charge in [0.05, 0.1) is 25.1 Å². The number of carbonyl (C=O) groups excluding carboxylic acids is 1. The van der Waals surface area contributed by atoms with Crippen LogP contribution in [0.15, 0.2) is 6.20 Å². The number of ether oxygens (including phenoxy) is 1. The number of carbonyl (C=O) groups is 1. The van der Waals surface area contributed by atoms with Gasteiger partial charge < -0.3 is 15.4 Å². The fourth-order valence-electron chi connectivity index (χ4n) is 3.94. The molecule has 1 aliphatic heterocycles. The number of hydrogen-bond acceptors (Lipinski definition) is 5. The number of aromatic nitrogens is 2. The molecule has 7 heteroatoms. The maximum absolute atomic E-state index is 13.8. The van der Waals surface area contributed by atoms with Gasteiger partial charge in [0.1, 0.15) is 0 Å². The first-order valence-corrected chi connectivity index (χ1v) is 8.52. The lowest BCUT2D eigenvalue weighted by Crippen LogP contribution is -2.50. The summed E-state index contributed by atoms with van der Waals surface area (Å²) in [6.07, 6.45) is 3.51. The first-order valence-electron chi connectivity index (χ1n) is 8.52. The Morgan fingerprint density at radius 2 is 2.29 bits per heavy atom. The van der Waals surface area contributed by atoms with Crippen molar-refractivity contribution in [2.45, 2.75) is 33.1 Å². The van der Waals surface area contributed by atoms with Crippen LogP contribution < -0.4 is 5.73 Å². The Hall–Kier alpha value is -1.76. The van der Waals surface area contributed by atoms with Gasteiger partial charge in [-0.25, -0.2) is 14.4 Å². The van der Waals surface area contributed by atoms with Gasteiger partial charge >= 0.3 is 0 Å². The minimum Gasteiger partial charge on any atom is -0.379 e. The van der Waals surface area contributed by atoms with Crippen molar-refractivity contribution in [2.24, 2.45) is 17.3 Å². The number of amides is 1. The average molecular weight is 336 g/mol. The Bertz CT molecular complexity index is 617. The third-order valence-corrected chi connectivity index (χ3v) is 5.01. The van der Waals surface area contributed by atoms with Crippen molar-refractivity contribution in [3.8, 4) is 0 Å². The molecule has 2 heterocycles. The van der Waals surface area contributed by atoms with Gasteiger partial charge in [-0.2, -0.15) is 0 Å². The minimum atomic E-state index is -0.404. The molecular formula is C17H25FN4O2. The third kappa shape index (κ3) is 3.50. The van der Waals surface area contributed by atoms with E-state index in [-0.39, 0.29) is 23.2 Å². The Labute approximate surface area is 141 Å². The van der Waals surface area contributed by atoms with E-state index in [1.807, 2.05) is 18.7 Å². The Kier molecular flexibility index (Phi) is 4.71. The van der Waals surface area contributed by atoms with Gasteiger partial charge in [-0.3, -0.25) is 4.79 Å². The summed E-state index contributed by atoms with van der Waals surface area (Å²) < 4.78 is 19.5. The molecule has 1 spiro atoms. The molecule has 1 aliphatic carbocycles. The molecule has 1 amide bonds. The van der Waals surface area contributed by atoms with E-state index < -0.39 is 5.82 Å². The molecule has 2 fully saturated rings. The maximum atomic E-state index is 13.8. The summed E-state index contributed by atoms with van der Waals surface area (Å²) >= 11 is 0. The van der Waals surface area contributed by atoms with Gasteiger partial charge in [0, 0.05) is 24.4 Å². The lowest BCUT2D eigenvalue weighted by Gasteiger charge is -2.48. The summed E-state index contributed by atoms with van der Waals surface area (Å²) in [6.45, 7) is 6.48. The molecule has 1 saturated heterocycles. The zero-order valence-electron chi connectivity index (χ0n) is 14.3. The predicted molar refractivity (Wildman–Crippen MR) is 87.5 cm³/mol. The van der Waals surface area contributed by atoms with Crippen LogP contribution in [0, 0.1) is 23.1 Å². The highest BCUT2D eigenvalue weighted by Crippen LogP contribution is 2.48. The zero-order chi connectivity index (χ0) is 17.3. The number of halogens is 1. The normalized spacial score (nSPS) is 27.2. The van der Waals surface area contributed by atoms with Crippen LogP contribution in [0.4, 0.5) is 10.3 Å². The number of hydrogen-bond donors (Lipinski definition) is 1. The summed E-state index contributed by atoms with van der Waals surface area (Å²) in [5.74, 6) is 0.212. The molecule has 3 rings (SSSR count). The van der Waals surface area contributed by atoms with Crippen molar-refractivity contribution in [1.82, 2.24) is 14.9 Å². The van der Waals surface area contributed by atoms with Gasteiger partial charge in [-0.05, 0) is 25.2 Å². The highest BCUT2D eigenvalue weighted by Gasteiger charge is 2.47. The van der Waals surface area contributed by atoms with E-state index in [2.05, 4.69) is 9.97 Å². The largest absolute Gasteiger partial charge is 0.379 e. The lowest BCUT2D eigenvalue weighted by atomic mass is 9.60. The second-order valence-corrected chi connectivity index (χ2v) is 7.47. The first-order chi connectivity index (χ1) is 11.4. The van der Waals surface area contributed by atoms with E-state index in [9.17, 15) is 9.18 Å². The molecule has 132 valence electrons. The van der Waals surface area contributed by atoms with Crippen molar-refractivity contribution >= 4 is 11.9 Å². The van der Waals surface area contributed by atoms with Crippen molar-refractivity contribution in [2.75, 3.05) is 32.0 Å². The standard InChI is InChI=1S/C17H25FN4O2/c1-11(2)15(23)22-3-4-24-10-17(9-22)6-12(7-17)5-14-13(18)8-20-16(19)21-14/h8,11-12H,3-7,9-10H2,1-2H3,(H2,19,20,21). The first kappa shape index (κ1) is 17.1. The SMILES string of the molecule is CC(C)C(=O)N1CCOCC2(CC(Cc3nc(N)ncc3F)C2)C1. The van der Waals surface area contributed by atoms with Crippen LogP contribution in [0.5, 0.6) is 0 Å². The Morgan fingerprint density at radius 3 is 3.00 bits per heavy atom. The lowest BCUT2D eigenvalue weighted by molar-refractivity contribution is -0.137. The topological polar surface area (TPSA) is 81.3 Å². The fraction of sp³-hybridized carbons (Fsp3) is 0.706. The van der Waals surface area contributed by atoms with Crippen molar-refractivity contribution < 1.29 is 13.9 Å². The molecular weight excluding hydrogens is 311 g/mol. The van der Waals surface area contributed by atoms with Gasteiger partial charge in [0.25, 0.3) is 0 Å². The van der Waals surface area contributed by atoms with E-state index in [1.54, 1.807) is 0 Å². The van der Waals surface area contributed by atoms with Gasteiger partial charge in [0.2, 0.25) is 11.9 Å². The van der Waals surface area contributed by atoms with Crippen molar-refractivity contribution in [3.63, 3.8) is 0 Å². The summed E-state index contributed by atoms with van der Waals surface area (Å²) in [5, 5.41) is 0. The molecule has 0 aromatic carbocycles. The molecule has 0 bridgehead atoms. The summed E-state index contributed by atoms with van der Waals surface area (Å²) in [7, 11) is 0. The molecule has 0 radical (unpaired) electrons. The van der Waals surface area contributed by atoms with Gasteiger partial charge in [0.15, 0.2) is 5.82 Å². The van der Waals surface area contributed by atoms with Crippen LogP contribution in [0.1, 0.15) is 32.4 Å². The van der Waals surface area contributed by atoms with Crippen LogP contribution in [-0.4, -0.2) is 47.1 Å². The highest BCUT2D eigenvalue weighted by atomic mass is 19.1. The van der Waals surface area contributed by atoms with Crippen molar-refractivity contribution in [1.29, 1.82) is 0 Å². The van der Waals surface area contributed by atoms with Crippen LogP contribution in [-0.2, 0) is 16.0 Å². The van der Waals surface area contributed by atoms with Crippen LogP contribution in [0.2, 0.25) is 0 Å². The van der Waals surface area contributed by atoms with E-state index in [0.717, 1.165) is 25.6 Å². The van der Waals surface area contributed by atoms with Crippen LogP contribution in [0.25, 0.3) is 0 Å². The molecule has 1 saturated carbocycles. The summed E-state index contributed by atoms with van der Waals surface area (Å²) in [4.78, 5) is 21.9. The zero-order valence-corrected chi connectivity index (χ0v) is 14.3. The predicted octanol–water partition coefficient (Wildman–Crippen LogP) is 1.65. The molecule has 0 unspecified atom stereocenters. The van der Waals surface area contributed by atoms with Crippen LogP contribution in [0.3, 0.4) is 0 Å². The molecule has 2 aliphatic rings. The smallest absolute Gasteiger partial charge is 0.225 e. The minimum absolute atomic E-state index is 0.000762. The number of nitrogen functional groups attached to an aromatic ring is 1. The summed E-state index contributed by atoms with van der Waals surface area (Å²) in [6, 6.07) is 0. The maximum Gasteiger partial charge on any atom is 0.225 e. The monoisotopic (exact) mass is 336 g/mol. The molecule has 24 heavy (non-hydrogen) atoms.